The Morgan fingerprint density at radius 2 is 1.96 bits per heavy atom. The Morgan fingerprint density at radius 3 is 2.50 bits per heavy atom. The third-order valence-corrected chi connectivity index (χ3v) is 7.43. The van der Waals surface area contributed by atoms with Gasteiger partial charge in [0.25, 0.3) is 5.69 Å². The van der Waals surface area contributed by atoms with Gasteiger partial charge in [-0.3, -0.25) is 19.6 Å². The Labute approximate surface area is 140 Å². The molecular formula is C15H21N2O6P. The number of nitrogens with zero attached hydrogens (tertiary/aromatic N) is 2. The average Bonchev–Trinajstić information content (AvgIpc) is 3.18. The predicted octanol–water partition coefficient (Wildman–Crippen LogP) is 3.29. The lowest BCUT2D eigenvalue weighted by Gasteiger charge is -2.34. The van der Waals surface area contributed by atoms with Gasteiger partial charge in [0, 0.05) is 32.9 Å². The molecule has 0 amide bonds. The predicted molar refractivity (Wildman–Crippen MR) is 86.7 cm³/mol. The highest BCUT2D eigenvalue weighted by atomic mass is 31.2. The first-order valence-electron chi connectivity index (χ1n) is 7.76. The van der Waals surface area contributed by atoms with Crippen molar-refractivity contribution in [1.82, 2.24) is 4.90 Å². The summed E-state index contributed by atoms with van der Waals surface area (Å²) in [6, 6.07) is 6.16. The molecule has 0 saturated carbocycles. The molecule has 0 aromatic heterocycles. The molecule has 2 aliphatic heterocycles. The Bertz CT molecular complexity index is 673. The van der Waals surface area contributed by atoms with Crippen LogP contribution in [0.3, 0.4) is 0 Å². The van der Waals surface area contributed by atoms with Crippen molar-refractivity contribution in [2.75, 3.05) is 20.8 Å². The SMILES string of the molecule is COP(=O)(OC)C1(C)OC(c2ccc([N+](=O)[O-])cc2)N2CCCC21. The van der Waals surface area contributed by atoms with Crippen LogP contribution >= 0.6 is 7.60 Å². The number of fused-ring (bicyclic) bond motifs is 1. The van der Waals surface area contributed by atoms with Crippen molar-refractivity contribution in [3.05, 3.63) is 39.9 Å². The molecular weight excluding hydrogens is 335 g/mol. The molecule has 132 valence electrons. The number of rotatable bonds is 5. The van der Waals surface area contributed by atoms with Crippen LogP contribution in [0.5, 0.6) is 0 Å². The summed E-state index contributed by atoms with van der Waals surface area (Å²) in [6.07, 6.45) is 1.36. The Balaban J connectivity index is 1.96. The molecule has 2 aliphatic rings. The summed E-state index contributed by atoms with van der Waals surface area (Å²) >= 11 is 0. The molecule has 24 heavy (non-hydrogen) atoms. The number of hydrogen-bond acceptors (Lipinski definition) is 7. The lowest BCUT2D eigenvalue weighted by molar-refractivity contribution is -0.384. The van der Waals surface area contributed by atoms with Crippen molar-refractivity contribution < 1.29 is 23.3 Å². The topological polar surface area (TPSA) is 91.1 Å². The van der Waals surface area contributed by atoms with Crippen molar-refractivity contribution in [2.24, 2.45) is 0 Å². The van der Waals surface area contributed by atoms with Crippen molar-refractivity contribution >= 4 is 13.3 Å². The van der Waals surface area contributed by atoms with Gasteiger partial charge in [0.1, 0.15) is 6.23 Å². The maximum absolute atomic E-state index is 13.1. The normalized spacial score (nSPS) is 30.5. The zero-order valence-corrected chi connectivity index (χ0v) is 14.8. The number of benzene rings is 1. The molecule has 2 fully saturated rings. The number of nitro groups is 1. The molecule has 0 N–H and O–H groups in total. The third kappa shape index (κ3) is 2.50. The number of ether oxygens (including phenoxy) is 1. The van der Waals surface area contributed by atoms with Crippen molar-refractivity contribution in [1.29, 1.82) is 0 Å². The maximum atomic E-state index is 13.1. The maximum Gasteiger partial charge on any atom is 0.363 e. The highest BCUT2D eigenvalue weighted by molar-refractivity contribution is 7.55. The van der Waals surface area contributed by atoms with E-state index in [0.717, 1.165) is 24.9 Å². The van der Waals surface area contributed by atoms with Gasteiger partial charge in [0.15, 0.2) is 5.34 Å². The van der Waals surface area contributed by atoms with Gasteiger partial charge in [-0.25, -0.2) is 0 Å². The summed E-state index contributed by atoms with van der Waals surface area (Å²) in [6.45, 7) is 2.56. The molecule has 3 rings (SSSR count). The second-order valence-corrected chi connectivity index (χ2v) is 8.75. The lowest BCUT2D eigenvalue weighted by Crippen LogP contribution is -2.40. The van der Waals surface area contributed by atoms with Crippen LogP contribution in [0.25, 0.3) is 0 Å². The van der Waals surface area contributed by atoms with Gasteiger partial charge >= 0.3 is 7.60 Å². The Kier molecular flexibility index (Phi) is 4.53. The van der Waals surface area contributed by atoms with Gasteiger partial charge in [-0.1, -0.05) is 0 Å². The van der Waals surface area contributed by atoms with Crippen LogP contribution in [0.1, 0.15) is 31.6 Å². The lowest BCUT2D eigenvalue weighted by atomic mass is 10.1. The molecule has 0 bridgehead atoms. The van der Waals surface area contributed by atoms with Gasteiger partial charge < -0.3 is 13.8 Å². The molecule has 3 atom stereocenters. The van der Waals surface area contributed by atoms with E-state index in [0.29, 0.717) is 0 Å². The van der Waals surface area contributed by atoms with Gasteiger partial charge in [0.05, 0.1) is 11.0 Å². The average molecular weight is 356 g/mol. The molecule has 1 aromatic rings. The molecule has 2 heterocycles. The van der Waals surface area contributed by atoms with Gasteiger partial charge in [0.2, 0.25) is 0 Å². The van der Waals surface area contributed by atoms with E-state index >= 15 is 0 Å². The summed E-state index contributed by atoms with van der Waals surface area (Å²) in [5, 5.41) is 9.74. The van der Waals surface area contributed by atoms with Gasteiger partial charge in [-0.05, 0) is 37.5 Å². The van der Waals surface area contributed by atoms with Crippen LogP contribution in [-0.4, -0.2) is 42.0 Å². The molecule has 9 heteroatoms. The van der Waals surface area contributed by atoms with E-state index in [1.165, 1.54) is 26.4 Å². The summed E-state index contributed by atoms with van der Waals surface area (Å²) in [5.41, 5.74) is 0.812. The first kappa shape index (κ1) is 17.5. The Morgan fingerprint density at radius 1 is 1.33 bits per heavy atom. The summed E-state index contributed by atoms with van der Waals surface area (Å²) in [7, 11) is -0.749. The minimum Gasteiger partial charge on any atom is -0.338 e. The van der Waals surface area contributed by atoms with E-state index in [4.69, 9.17) is 13.8 Å². The monoisotopic (exact) mass is 356 g/mol. The quantitative estimate of drug-likeness (QED) is 0.454. The van der Waals surface area contributed by atoms with E-state index in [-0.39, 0.29) is 11.7 Å². The second-order valence-electron chi connectivity index (χ2n) is 6.13. The highest BCUT2D eigenvalue weighted by Gasteiger charge is 2.63. The van der Waals surface area contributed by atoms with Crippen molar-refractivity contribution in [2.45, 2.75) is 37.4 Å². The van der Waals surface area contributed by atoms with Crippen molar-refractivity contribution in [3.8, 4) is 0 Å². The first-order chi connectivity index (χ1) is 11.4. The van der Waals surface area contributed by atoms with Crippen molar-refractivity contribution in [3.63, 3.8) is 0 Å². The van der Waals surface area contributed by atoms with Gasteiger partial charge in [-0.15, -0.1) is 0 Å². The van der Waals surface area contributed by atoms with E-state index < -0.39 is 24.1 Å². The van der Waals surface area contributed by atoms with E-state index in [1.54, 1.807) is 19.1 Å². The van der Waals surface area contributed by atoms with Crippen LogP contribution in [-0.2, 0) is 18.3 Å². The molecule has 1 aromatic carbocycles. The molecule has 0 aliphatic carbocycles. The molecule has 2 saturated heterocycles. The number of hydrogen-bond donors (Lipinski definition) is 0. The fourth-order valence-corrected chi connectivity index (χ4v) is 5.47. The molecule has 8 nitrogen and oxygen atoms in total. The molecule has 0 radical (unpaired) electrons. The number of nitro benzene ring substituents is 1. The Hall–Kier alpha value is -1.31. The van der Waals surface area contributed by atoms with Crippen LogP contribution in [0, 0.1) is 10.1 Å². The zero-order valence-electron chi connectivity index (χ0n) is 13.9. The van der Waals surface area contributed by atoms with E-state index in [2.05, 4.69) is 4.90 Å². The second kappa shape index (κ2) is 6.20. The van der Waals surface area contributed by atoms with Crippen LogP contribution in [0.2, 0.25) is 0 Å². The highest BCUT2D eigenvalue weighted by Crippen LogP contribution is 2.67. The fraction of sp³-hybridized carbons (Fsp3) is 0.600. The van der Waals surface area contributed by atoms with E-state index in [9.17, 15) is 14.7 Å². The van der Waals surface area contributed by atoms with Gasteiger partial charge in [-0.2, -0.15) is 0 Å². The van der Waals surface area contributed by atoms with Crippen LogP contribution in [0.4, 0.5) is 5.69 Å². The van der Waals surface area contributed by atoms with Crippen LogP contribution in [0.15, 0.2) is 24.3 Å². The summed E-state index contributed by atoms with van der Waals surface area (Å²) < 4.78 is 29.7. The molecule has 3 unspecified atom stereocenters. The zero-order chi connectivity index (χ0) is 17.5. The minimum atomic E-state index is -3.47. The smallest absolute Gasteiger partial charge is 0.338 e. The summed E-state index contributed by atoms with van der Waals surface area (Å²) in [5.74, 6) is 0. The summed E-state index contributed by atoms with van der Waals surface area (Å²) in [4.78, 5) is 12.5. The fourth-order valence-electron chi connectivity index (χ4n) is 3.72. The largest absolute Gasteiger partial charge is 0.363 e. The first-order valence-corrected chi connectivity index (χ1v) is 9.30. The van der Waals surface area contributed by atoms with E-state index in [1.807, 2.05) is 0 Å². The minimum absolute atomic E-state index is 0.0249. The standard InChI is InChI=1S/C15H21N2O6P/c1-15(24(20,21-2)22-3)13-5-4-10-16(13)14(23-15)11-6-8-12(9-7-11)17(18)19/h6-9,13-14H,4-5,10H2,1-3H3. The van der Waals surface area contributed by atoms with Crippen LogP contribution < -0.4 is 0 Å². The molecule has 0 spiro atoms. The third-order valence-electron chi connectivity index (χ3n) is 4.98. The number of non-ortho nitro benzene ring substituents is 1.